The second-order valence-corrected chi connectivity index (χ2v) is 5.19. The third kappa shape index (κ3) is 3.44. The van der Waals surface area contributed by atoms with Crippen LogP contribution < -0.4 is 5.32 Å². The van der Waals surface area contributed by atoms with Gasteiger partial charge in [-0.1, -0.05) is 6.92 Å². The second-order valence-electron chi connectivity index (χ2n) is 5.19. The second kappa shape index (κ2) is 6.58. The summed E-state index contributed by atoms with van der Waals surface area (Å²) < 4.78 is 0. The number of likely N-dealkylation sites (tertiary alicyclic amines) is 1. The van der Waals surface area contributed by atoms with Gasteiger partial charge < -0.3 is 10.2 Å². The van der Waals surface area contributed by atoms with Crippen molar-refractivity contribution < 1.29 is 0 Å². The monoisotopic (exact) mass is 225 g/mol. The van der Waals surface area contributed by atoms with Gasteiger partial charge in [0.05, 0.1) is 0 Å². The molecule has 2 heterocycles. The molecule has 1 unspecified atom stereocenters. The fraction of sp³-hybridized carbons (Fsp3) is 1.00. The summed E-state index contributed by atoms with van der Waals surface area (Å²) in [5.41, 5.74) is 0. The number of nitrogens with zero attached hydrogens (tertiary/aromatic N) is 2. The largest absolute Gasteiger partial charge is 0.315 e. The van der Waals surface area contributed by atoms with Crippen molar-refractivity contribution in [1.82, 2.24) is 15.1 Å². The zero-order chi connectivity index (χ0) is 11.2. The Bertz CT molecular complexity index is 188. The third-order valence-electron chi connectivity index (χ3n) is 4.11. The van der Waals surface area contributed by atoms with E-state index in [2.05, 4.69) is 22.0 Å². The normalized spacial score (nSPS) is 29.4. The van der Waals surface area contributed by atoms with E-state index in [4.69, 9.17) is 0 Å². The SMILES string of the molecule is CCC1CCCN1CCN1CCCNCC1. The molecule has 0 amide bonds. The fourth-order valence-electron chi connectivity index (χ4n) is 3.05. The zero-order valence-electron chi connectivity index (χ0n) is 10.7. The van der Waals surface area contributed by atoms with E-state index >= 15 is 0 Å². The maximum absolute atomic E-state index is 3.47. The predicted octanol–water partition coefficient (Wildman–Crippen LogP) is 1.16. The first-order chi connectivity index (χ1) is 7.90. The highest BCUT2D eigenvalue weighted by Crippen LogP contribution is 2.19. The molecule has 2 aliphatic rings. The highest BCUT2D eigenvalue weighted by molar-refractivity contribution is 4.79. The van der Waals surface area contributed by atoms with E-state index in [1.165, 1.54) is 71.5 Å². The molecule has 2 rings (SSSR count). The van der Waals surface area contributed by atoms with Gasteiger partial charge in [-0.2, -0.15) is 0 Å². The topological polar surface area (TPSA) is 18.5 Å². The van der Waals surface area contributed by atoms with E-state index in [0.717, 1.165) is 6.04 Å². The lowest BCUT2D eigenvalue weighted by molar-refractivity contribution is 0.196. The minimum atomic E-state index is 0.880. The van der Waals surface area contributed by atoms with Gasteiger partial charge in [0.1, 0.15) is 0 Å². The molecular weight excluding hydrogens is 198 g/mol. The summed E-state index contributed by atoms with van der Waals surface area (Å²) in [5.74, 6) is 0. The Morgan fingerprint density at radius 1 is 1.06 bits per heavy atom. The van der Waals surface area contributed by atoms with Crippen LogP contribution >= 0.6 is 0 Å². The van der Waals surface area contributed by atoms with E-state index in [-0.39, 0.29) is 0 Å². The van der Waals surface area contributed by atoms with Gasteiger partial charge in [-0.15, -0.1) is 0 Å². The molecule has 0 aromatic heterocycles. The van der Waals surface area contributed by atoms with Crippen LogP contribution in [0.4, 0.5) is 0 Å². The van der Waals surface area contributed by atoms with Crippen molar-refractivity contribution in [2.75, 3.05) is 45.8 Å². The molecular formula is C13H27N3. The molecule has 0 aromatic carbocycles. The summed E-state index contributed by atoms with van der Waals surface area (Å²) in [4.78, 5) is 5.34. The minimum Gasteiger partial charge on any atom is -0.315 e. The van der Waals surface area contributed by atoms with Gasteiger partial charge in [0.2, 0.25) is 0 Å². The van der Waals surface area contributed by atoms with Gasteiger partial charge in [-0.3, -0.25) is 4.90 Å². The van der Waals surface area contributed by atoms with Gasteiger partial charge in [-0.25, -0.2) is 0 Å². The number of hydrogen-bond acceptors (Lipinski definition) is 3. The molecule has 0 radical (unpaired) electrons. The van der Waals surface area contributed by atoms with Crippen molar-refractivity contribution in [2.45, 2.75) is 38.6 Å². The van der Waals surface area contributed by atoms with Crippen LogP contribution in [0.5, 0.6) is 0 Å². The van der Waals surface area contributed by atoms with Gasteiger partial charge in [0.25, 0.3) is 0 Å². The fourth-order valence-corrected chi connectivity index (χ4v) is 3.05. The van der Waals surface area contributed by atoms with E-state index in [9.17, 15) is 0 Å². The lowest BCUT2D eigenvalue weighted by Crippen LogP contribution is -2.38. The highest BCUT2D eigenvalue weighted by atomic mass is 15.2. The third-order valence-corrected chi connectivity index (χ3v) is 4.11. The smallest absolute Gasteiger partial charge is 0.0112 e. The van der Waals surface area contributed by atoms with Crippen molar-refractivity contribution in [1.29, 1.82) is 0 Å². The number of nitrogens with one attached hydrogen (secondary N) is 1. The Kier molecular flexibility index (Phi) is 5.07. The molecule has 0 spiro atoms. The van der Waals surface area contributed by atoms with Crippen LogP contribution in [0.15, 0.2) is 0 Å². The lowest BCUT2D eigenvalue weighted by Gasteiger charge is -2.27. The van der Waals surface area contributed by atoms with E-state index in [1.54, 1.807) is 0 Å². The Hall–Kier alpha value is -0.120. The first-order valence-corrected chi connectivity index (χ1v) is 7.07. The number of hydrogen-bond donors (Lipinski definition) is 1. The zero-order valence-corrected chi connectivity index (χ0v) is 10.7. The van der Waals surface area contributed by atoms with Gasteiger partial charge in [0.15, 0.2) is 0 Å². The minimum absolute atomic E-state index is 0.880. The summed E-state index contributed by atoms with van der Waals surface area (Å²) in [6, 6.07) is 0.880. The van der Waals surface area contributed by atoms with Gasteiger partial charge in [0, 0.05) is 32.2 Å². The van der Waals surface area contributed by atoms with Crippen molar-refractivity contribution in [2.24, 2.45) is 0 Å². The summed E-state index contributed by atoms with van der Waals surface area (Å²) in [6.07, 6.45) is 5.50. The first kappa shape index (κ1) is 12.3. The van der Waals surface area contributed by atoms with Gasteiger partial charge in [-0.05, 0) is 45.3 Å². The van der Waals surface area contributed by atoms with Crippen LogP contribution in [0.1, 0.15) is 32.6 Å². The average Bonchev–Trinajstić information content (AvgIpc) is 2.60. The molecule has 1 N–H and O–H groups in total. The summed E-state index contributed by atoms with van der Waals surface area (Å²) in [7, 11) is 0. The molecule has 2 aliphatic heterocycles. The van der Waals surface area contributed by atoms with Crippen LogP contribution in [0.25, 0.3) is 0 Å². The summed E-state index contributed by atoms with van der Waals surface area (Å²) in [6.45, 7) is 11.2. The molecule has 0 aliphatic carbocycles. The molecule has 0 aromatic rings. The highest BCUT2D eigenvalue weighted by Gasteiger charge is 2.22. The Morgan fingerprint density at radius 2 is 2.00 bits per heavy atom. The van der Waals surface area contributed by atoms with E-state index < -0.39 is 0 Å². The standard InChI is InChI=1S/C13H27N3/c1-2-13-5-3-9-16(13)12-11-15-8-4-6-14-7-10-15/h13-14H,2-12H2,1H3. The van der Waals surface area contributed by atoms with E-state index in [1.807, 2.05) is 0 Å². The number of rotatable bonds is 4. The first-order valence-electron chi connectivity index (χ1n) is 7.07. The maximum Gasteiger partial charge on any atom is 0.0112 e. The molecule has 94 valence electrons. The Balaban J connectivity index is 1.69. The van der Waals surface area contributed by atoms with Crippen molar-refractivity contribution in [3.05, 3.63) is 0 Å². The summed E-state index contributed by atoms with van der Waals surface area (Å²) in [5, 5.41) is 3.47. The van der Waals surface area contributed by atoms with Crippen molar-refractivity contribution in [3.63, 3.8) is 0 Å². The average molecular weight is 225 g/mol. The molecule has 2 saturated heterocycles. The molecule has 0 saturated carbocycles. The van der Waals surface area contributed by atoms with Crippen LogP contribution in [0, 0.1) is 0 Å². The Morgan fingerprint density at radius 3 is 2.88 bits per heavy atom. The van der Waals surface area contributed by atoms with Crippen LogP contribution in [-0.4, -0.2) is 61.7 Å². The van der Waals surface area contributed by atoms with E-state index in [0.29, 0.717) is 0 Å². The molecule has 0 bridgehead atoms. The van der Waals surface area contributed by atoms with Gasteiger partial charge >= 0.3 is 0 Å². The maximum atomic E-state index is 3.47. The Labute approximate surface area is 100 Å². The molecule has 16 heavy (non-hydrogen) atoms. The van der Waals surface area contributed by atoms with Crippen LogP contribution in [0.2, 0.25) is 0 Å². The van der Waals surface area contributed by atoms with Crippen LogP contribution in [-0.2, 0) is 0 Å². The quantitative estimate of drug-likeness (QED) is 0.774. The van der Waals surface area contributed by atoms with Crippen LogP contribution in [0.3, 0.4) is 0 Å². The van der Waals surface area contributed by atoms with Crippen molar-refractivity contribution >= 4 is 0 Å². The molecule has 3 heteroatoms. The van der Waals surface area contributed by atoms with Crippen molar-refractivity contribution in [3.8, 4) is 0 Å². The summed E-state index contributed by atoms with van der Waals surface area (Å²) >= 11 is 0. The molecule has 2 fully saturated rings. The lowest BCUT2D eigenvalue weighted by atomic mass is 10.2. The molecule has 1 atom stereocenters. The molecule has 3 nitrogen and oxygen atoms in total. The predicted molar refractivity (Wildman–Crippen MR) is 68.8 cm³/mol.